The summed E-state index contributed by atoms with van der Waals surface area (Å²) in [7, 11) is 1.50. The van der Waals surface area contributed by atoms with E-state index in [4.69, 9.17) is 4.74 Å². The van der Waals surface area contributed by atoms with Crippen molar-refractivity contribution in [2.24, 2.45) is 0 Å². The Morgan fingerprint density at radius 2 is 1.67 bits per heavy atom. The van der Waals surface area contributed by atoms with Gasteiger partial charge in [-0.1, -0.05) is 42.5 Å². The van der Waals surface area contributed by atoms with E-state index >= 15 is 0 Å². The first-order valence-corrected chi connectivity index (χ1v) is 11.9. The molecule has 36 heavy (non-hydrogen) atoms. The second-order valence-electron chi connectivity index (χ2n) is 9.35. The first kappa shape index (κ1) is 24.0. The van der Waals surface area contributed by atoms with E-state index < -0.39 is 11.7 Å². The molecule has 0 radical (unpaired) electrons. The lowest BCUT2D eigenvalue weighted by Gasteiger charge is -2.23. The normalized spacial score (nSPS) is 16.2. The van der Waals surface area contributed by atoms with Crippen molar-refractivity contribution in [2.75, 3.05) is 25.1 Å². The number of rotatable bonds is 5. The number of halogens is 3. The lowest BCUT2D eigenvalue weighted by Crippen LogP contribution is -2.30. The molecule has 0 N–H and O–H groups in total. The van der Waals surface area contributed by atoms with E-state index in [9.17, 15) is 18.0 Å². The Labute approximate surface area is 207 Å². The van der Waals surface area contributed by atoms with Gasteiger partial charge in [0.2, 0.25) is 0 Å². The molecule has 0 spiro atoms. The number of nitrogens with zero attached hydrogens (tertiary/aromatic N) is 3. The number of anilines is 1. The van der Waals surface area contributed by atoms with Gasteiger partial charge in [0, 0.05) is 18.8 Å². The zero-order valence-electron chi connectivity index (χ0n) is 20.5. The molecule has 0 amide bonds. The molecule has 0 unspecified atom stereocenters. The van der Waals surface area contributed by atoms with E-state index in [1.54, 1.807) is 16.7 Å². The molecule has 8 heteroatoms. The maximum Gasteiger partial charge on any atom is 0.416 e. The van der Waals surface area contributed by atoms with Crippen molar-refractivity contribution in [2.45, 2.75) is 39.0 Å². The SMILES string of the molecule is COc1cccc2c1n(Cc1ccccc1C(F)(F)F)c(=O)n2[C@@H]1CCN(c2c(C)cccc2C)C1. The van der Waals surface area contributed by atoms with E-state index in [2.05, 4.69) is 30.9 Å². The van der Waals surface area contributed by atoms with Crippen LogP contribution in [0.2, 0.25) is 0 Å². The number of aromatic nitrogens is 2. The monoisotopic (exact) mass is 495 g/mol. The Morgan fingerprint density at radius 3 is 2.36 bits per heavy atom. The van der Waals surface area contributed by atoms with Gasteiger partial charge in [-0.05, 0) is 55.2 Å². The highest BCUT2D eigenvalue weighted by Crippen LogP contribution is 2.36. The summed E-state index contributed by atoms with van der Waals surface area (Å²) in [6, 6.07) is 16.8. The third-order valence-corrected chi connectivity index (χ3v) is 7.10. The summed E-state index contributed by atoms with van der Waals surface area (Å²) in [5.74, 6) is 0.456. The highest BCUT2D eigenvalue weighted by atomic mass is 19.4. The maximum absolute atomic E-state index is 13.9. The summed E-state index contributed by atoms with van der Waals surface area (Å²) in [6.07, 6.45) is -3.76. The fraction of sp³-hybridized carbons (Fsp3) is 0.321. The Hall–Kier alpha value is -3.68. The van der Waals surface area contributed by atoms with E-state index in [0.717, 1.165) is 19.0 Å². The number of alkyl halides is 3. The molecule has 188 valence electrons. The van der Waals surface area contributed by atoms with Crippen molar-refractivity contribution in [3.05, 3.63) is 93.4 Å². The second kappa shape index (κ2) is 9.08. The highest BCUT2D eigenvalue weighted by Gasteiger charge is 2.34. The number of para-hydroxylation sites is 2. The molecule has 1 atom stereocenters. The number of benzene rings is 3. The van der Waals surface area contributed by atoms with E-state index in [0.29, 0.717) is 23.3 Å². The quantitative estimate of drug-likeness (QED) is 0.344. The van der Waals surface area contributed by atoms with Gasteiger partial charge >= 0.3 is 11.9 Å². The number of imidazole rings is 1. The van der Waals surface area contributed by atoms with Crippen molar-refractivity contribution < 1.29 is 17.9 Å². The summed E-state index contributed by atoms with van der Waals surface area (Å²) >= 11 is 0. The maximum atomic E-state index is 13.9. The fourth-order valence-electron chi connectivity index (χ4n) is 5.53. The van der Waals surface area contributed by atoms with Crippen molar-refractivity contribution in [1.29, 1.82) is 0 Å². The van der Waals surface area contributed by atoms with Gasteiger partial charge in [-0.15, -0.1) is 0 Å². The molecule has 1 fully saturated rings. The smallest absolute Gasteiger partial charge is 0.416 e. The van der Waals surface area contributed by atoms with Crippen LogP contribution in [0, 0.1) is 13.8 Å². The summed E-state index contributed by atoms with van der Waals surface area (Å²) in [5.41, 5.74) is 3.67. The number of hydrogen-bond acceptors (Lipinski definition) is 3. The standard InChI is InChI=1S/C28H28F3N3O2/c1-18-8-6-9-19(2)25(18)32-15-14-21(17-32)34-23-12-7-13-24(36-3)26(23)33(27(34)35)16-20-10-4-5-11-22(20)28(29,30)31/h4-13,21H,14-17H2,1-3H3/t21-/m1/s1. The van der Waals surface area contributed by atoms with Crippen LogP contribution in [0.4, 0.5) is 18.9 Å². The molecule has 5 rings (SSSR count). The van der Waals surface area contributed by atoms with E-state index in [-0.39, 0.29) is 23.8 Å². The Bertz CT molecular complexity index is 1470. The fourth-order valence-corrected chi connectivity index (χ4v) is 5.53. The van der Waals surface area contributed by atoms with Gasteiger partial charge < -0.3 is 9.64 Å². The van der Waals surface area contributed by atoms with Crippen molar-refractivity contribution in [3.8, 4) is 5.75 Å². The molecule has 1 aromatic heterocycles. The Kier molecular flexibility index (Phi) is 6.06. The minimum absolute atomic E-state index is 0.0423. The van der Waals surface area contributed by atoms with Crippen LogP contribution >= 0.6 is 0 Å². The summed E-state index contributed by atoms with van der Waals surface area (Å²) in [6.45, 7) is 5.39. The molecule has 5 nitrogen and oxygen atoms in total. The van der Waals surface area contributed by atoms with Crippen molar-refractivity contribution in [1.82, 2.24) is 9.13 Å². The molecule has 1 aliphatic rings. The first-order valence-electron chi connectivity index (χ1n) is 11.9. The van der Waals surface area contributed by atoms with Gasteiger partial charge in [-0.2, -0.15) is 13.2 Å². The number of methoxy groups -OCH3 is 1. The zero-order chi connectivity index (χ0) is 25.6. The minimum Gasteiger partial charge on any atom is -0.494 e. The molecule has 4 aromatic rings. The van der Waals surface area contributed by atoms with Gasteiger partial charge in [0.25, 0.3) is 0 Å². The van der Waals surface area contributed by atoms with Crippen LogP contribution in [-0.4, -0.2) is 29.3 Å². The van der Waals surface area contributed by atoms with Gasteiger partial charge in [0.15, 0.2) is 0 Å². The Balaban J connectivity index is 1.61. The molecular weight excluding hydrogens is 467 g/mol. The van der Waals surface area contributed by atoms with Crippen LogP contribution in [0.25, 0.3) is 11.0 Å². The number of fused-ring (bicyclic) bond motifs is 1. The molecule has 0 aliphatic carbocycles. The molecule has 0 bridgehead atoms. The van der Waals surface area contributed by atoms with E-state index in [1.165, 1.54) is 40.6 Å². The predicted molar refractivity (Wildman–Crippen MR) is 135 cm³/mol. The average molecular weight is 496 g/mol. The molecule has 2 heterocycles. The largest absolute Gasteiger partial charge is 0.494 e. The van der Waals surface area contributed by atoms with Crippen molar-refractivity contribution >= 4 is 16.7 Å². The summed E-state index contributed by atoms with van der Waals surface area (Å²) in [5, 5.41) is 0. The van der Waals surface area contributed by atoms with Crippen LogP contribution in [0.1, 0.15) is 34.7 Å². The number of aryl methyl sites for hydroxylation is 2. The van der Waals surface area contributed by atoms with Crippen molar-refractivity contribution in [3.63, 3.8) is 0 Å². The third-order valence-electron chi connectivity index (χ3n) is 7.10. The van der Waals surface area contributed by atoms with Gasteiger partial charge in [-0.25, -0.2) is 4.79 Å². The Morgan fingerprint density at radius 1 is 0.972 bits per heavy atom. The van der Waals surface area contributed by atoms with Crippen LogP contribution in [0.15, 0.2) is 65.5 Å². The highest BCUT2D eigenvalue weighted by molar-refractivity contribution is 5.83. The van der Waals surface area contributed by atoms with Crippen LogP contribution < -0.4 is 15.3 Å². The van der Waals surface area contributed by atoms with Crippen LogP contribution in [0.5, 0.6) is 5.75 Å². The number of ether oxygens (including phenoxy) is 1. The first-order chi connectivity index (χ1) is 17.2. The third kappa shape index (κ3) is 4.04. The van der Waals surface area contributed by atoms with Gasteiger partial charge in [-0.3, -0.25) is 9.13 Å². The van der Waals surface area contributed by atoms with Crippen LogP contribution in [0.3, 0.4) is 0 Å². The molecular formula is C28H28F3N3O2. The second-order valence-corrected chi connectivity index (χ2v) is 9.35. The topological polar surface area (TPSA) is 39.4 Å². The van der Waals surface area contributed by atoms with E-state index in [1.807, 2.05) is 18.2 Å². The molecule has 3 aromatic carbocycles. The molecule has 0 saturated carbocycles. The minimum atomic E-state index is -4.51. The lowest BCUT2D eigenvalue weighted by molar-refractivity contribution is -0.138. The molecule has 1 aliphatic heterocycles. The zero-order valence-corrected chi connectivity index (χ0v) is 20.5. The summed E-state index contributed by atoms with van der Waals surface area (Å²) in [4.78, 5) is 16.2. The average Bonchev–Trinajstić information content (AvgIpc) is 3.41. The van der Waals surface area contributed by atoms with Gasteiger partial charge in [0.05, 0.1) is 30.8 Å². The number of hydrogen-bond donors (Lipinski definition) is 0. The lowest BCUT2D eigenvalue weighted by atomic mass is 10.1. The molecule has 1 saturated heterocycles. The predicted octanol–water partition coefficient (Wildman–Crippen LogP) is 5.95. The summed E-state index contributed by atoms with van der Waals surface area (Å²) < 4.78 is 49.8. The van der Waals surface area contributed by atoms with Gasteiger partial charge in [0.1, 0.15) is 11.3 Å². The van der Waals surface area contributed by atoms with Crippen LogP contribution in [-0.2, 0) is 12.7 Å².